The first-order valence-corrected chi connectivity index (χ1v) is 6.32. The SMILES string of the molecule is C=CCCOCCNS(=O)(=O)c1cnc[nH]1. The van der Waals surface area contributed by atoms with Crippen molar-refractivity contribution in [2.75, 3.05) is 19.8 Å². The number of hydrogen-bond acceptors (Lipinski definition) is 4. The van der Waals surface area contributed by atoms with E-state index >= 15 is 0 Å². The molecule has 0 saturated carbocycles. The average Bonchev–Trinajstić information content (AvgIpc) is 2.77. The maximum absolute atomic E-state index is 11.5. The minimum atomic E-state index is -3.48. The number of sulfonamides is 1. The van der Waals surface area contributed by atoms with Gasteiger partial charge in [0.2, 0.25) is 0 Å². The lowest BCUT2D eigenvalue weighted by Gasteiger charge is -2.04. The Bertz CT molecular complexity index is 400. The first-order valence-electron chi connectivity index (χ1n) is 4.83. The van der Waals surface area contributed by atoms with E-state index in [-0.39, 0.29) is 11.6 Å². The fraction of sp³-hybridized carbons (Fsp3) is 0.444. The summed E-state index contributed by atoms with van der Waals surface area (Å²) in [5, 5.41) is 0.0543. The molecule has 2 N–H and O–H groups in total. The summed E-state index contributed by atoms with van der Waals surface area (Å²) in [5.41, 5.74) is 0. The molecule has 16 heavy (non-hydrogen) atoms. The molecule has 0 amide bonds. The van der Waals surface area contributed by atoms with Crippen molar-refractivity contribution in [3.63, 3.8) is 0 Å². The maximum Gasteiger partial charge on any atom is 0.257 e. The van der Waals surface area contributed by atoms with Crippen LogP contribution in [0.15, 0.2) is 30.2 Å². The van der Waals surface area contributed by atoms with Crippen LogP contribution in [-0.4, -0.2) is 38.1 Å². The van der Waals surface area contributed by atoms with Crippen molar-refractivity contribution in [3.8, 4) is 0 Å². The number of nitrogens with zero attached hydrogens (tertiary/aromatic N) is 1. The Labute approximate surface area is 94.8 Å². The van der Waals surface area contributed by atoms with Crippen molar-refractivity contribution in [3.05, 3.63) is 25.2 Å². The highest BCUT2D eigenvalue weighted by Gasteiger charge is 2.13. The largest absolute Gasteiger partial charge is 0.380 e. The van der Waals surface area contributed by atoms with Gasteiger partial charge in [0.05, 0.1) is 25.7 Å². The molecule has 1 rings (SSSR count). The van der Waals surface area contributed by atoms with Crippen LogP contribution in [0.1, 0.15) is 6.42 Å². The van der Waals surface area contributed by atoms with E-state index in [4.69, 9.17) is 4.74 Å². The zero-order valence-corrected chi connectivity index (χ0v) is 9.66. The minimum Gasteiger partial charge on any atom is -0.380 e. The first-order chi connectivity index (χ1) is 7.67. The summed E-state index contributed by atoms with van der Waals surface area (Å²) in [6.07, 6.45) is 5.07. The molecule has 0 unspecified atom stereocenters. The van der Waals surface area contributed by atoms with Gasteiger partial charge in [-0.2, -0.15) is 0 Å². The number of imidazole rings is 1. The number of ether oxygens (including phenoxy) is 1. The fourth-order valence-electron chi connectivity index (χ4n) is 0.985. The summed E-state index contributed by atoms with van der Waals surface area (Å²) in [6, 6.07) is 0. The van der Waals surface area contributed by atoms with E-state index in [9.17, 15) is 8.42 Å². The Balaban J connectivity index is 2.25. The molecule has 1 aromatic rings. The highest BCUT2D eigenvalue weighted by atomic mass is 32.2. The quantitative estimate of drug-likeness (QED) is 0.509. The van der Waals surface area contributed by atoms with Gasteiger partial charge < -0.3 is 9.72 Å². The number of aromatic nitrogens is 2. The van der Waals surface area contributed by atoms with Crippen LogP contribution in [0.5, 0.6) is 0 Å². The highest BCUT2D eigenvalue weighted by Crippen LogP contribution is 2.00. The molecule has 0 saturated heterocycles. The third-order valence-electron chi connectivity index (χ3n) is 1.77. The predicted octanol–water partition coefficient (Wildman–Crippen LogP) is 0.281. The van der Waals surface area contributed by atoms with Gasteiger partial charge in [0, 0.05) is 6.54 Å². The molecule has 0 aliphatic rings. The molecule has 6 nitrogen and oxygen atoms in total. The molecular formula is C9H15N3O3S. The van der Waals surface area contributed by atoms with E-state index in [1.54, 1.807) is 6.08 Å². The van der Waals surface area contributed by atoms with Crippen LogP contribution in [-0.2, 0) is 14.8 Å². The summed E-state index contributed by atoms with van der Waals surface area (Å²) in [5.74, 6) is 0. The Kier molecular flexibility index (Phi) is 5.17. The fourth-order valence-corrected chi connectivity index (χ4v) is 1.90. The van der Waals surface area contributed by atoms with Crippen LogP contribution in [0.25, 0.3) is 0 Å². The van der Waals surface area contributed by atoms with Gasteiger partial charge in [-0.15, -0.1) is 6.58 Å². The van der Waals surface area contributed by atoms with Gasteiger partial charge in [0.25, 0.3) is 10.0 Å². The van der Waals surface area contributed by atoms with E-state index in [1.807, 2.05) is 0 Å². The number of nitrogens with one attached hydrogen (secondary N) is 2. The summed E-state index contributed by atoms with van der Waals surface area (Å²) >= 11 is 0. The lowest BCUT2D eigenvalue weighted by Crippen LogP contribution is -2.27. The molecule has 0 aliphatic heterocycles. The summed E-state index contributed by atoms with van der Waals surface area (Å²) in [4.78, 5) is 6.16. The molecule has 0 radical (unpaired) electrons. The monoisotopic (exact) mass is 245 g/mol. The van der Waals surface area contributed by atoms with Crippen LogP contribution in [0, 0.1) is 0 Å². The van der Waals surface area contributed by atoms with Crippen LogP contribution >= 0.6 is 0 Å². The van der Waals surface area contributed by atoms with Crippen molar-refractivity contribution in [2.24, 2.45) is 0 Å². The third-order valence-corrected chi connectivity index (χ3v) is 3.15. The van der Waals surface area contributed by atoms with E-state index in [2.05, 4.69) is 21.3 Å². The Morgan fingerprint density at radius 2 is 2.38 bits per heavy atom. The van der Waals surface area contributed by atoms with Gasteiger partial charge in [-0.1, -0.05) is 6.08 Å². The van der Waals surface area contributed by atoms with Gasteiger partial charge in [0.1, 0.15) is 0 Å². The summed E-state index contributed by atoms with van der Waals surface area (Å²) in [7, 11) is -3.48. The molecule has 0 atom stereocenters. The van der Waals surface area contributed by atoms with Crippen molar-refractivity contribution in [1.82, 2.24) is 14.7 Å². The molecular weight excluding hydrogens is 230 g/mol. The normalized spacial score (nSPS) is 11.5. The zero-order valence-electron chi connectivity index (χ0n) is 8.85. The van der Waals surface area contributed by atoms with Gasteiger partial charge in [0.15, 0.2) is 5.03 Å². The number of rotatable bonds is 8. The molecule has 1 aromatic heterocycles. The van der Waals surface area contributed by atoms with Gasteiger partial charge >= 0.3 is 0 Å². The average molecular weight is 245 g/mol. The van der Waals surface area contributed by atoms with E-state index in [0.717, 1.165) is 6.42 Å². The molecule has 90 valence electrons. The molecule has 0 bridgehead atoms. The maximum atomic E-state index is 11.5. The molecule has 0 spiro atoms. The second-order valence-electron chi connectivity index (χ2n) is 3.00. The van der Waals surface area contributed by atoms with Crippen LogP contribution < -0.4 is 4.72 Å². The number of H-pyrrole nitrogens is 1. The van der Waals surface area contributed by atoms with Gasteiger partial charge in [-0.3, -0.25) is 0 Å². The minimum absolute atomic E-state index is 0.0543. The molecule has 0 aromatic carbocycles. The van der Waals surface area contributed by atoms with E-state index in [1.165, 1.54) is 12.5 Å². The lowest BCUT2D eigenvalue weighted by atomic mass is 10.5. The van der Waals surface area contributed by atoms with Crippen molar-refractivity contribution in [1.29, 1.82) is 0 Å². The zero-order chi connectivity index (χ0) is 11.9. The van der Waals surface area contributed by atoms with Gasteiger partial charge in [-0.25, -0.2) is 18.1 Å². The van der Waals surface area contributed by atoms with Crippen molar-refractivity contribution < 1.29 is 13.2 Å². The number of aromatic amines is 1. The molecule has 7 heteroatoms. The van der Waals surface area contributed by atoms with E-state index in [0.29, 0.717) is 13.2 Å². The topological polar surface area (TPSA) is 84.1 Å². The second kappa shape index (κ2) is 6.41. The Morgan fingerprint density at radius 1 is 1.56 bits per heavy atom. The van der Waals surface area contributed by atoms with Crippen LogP contribution in [0.4, 0.5) is 0 Å². The van der Waals surface area contributed by atoms with Crippen molar-refractivity contribution >= 4 is 10.0 Å². The smallest absolute Gasteiger partial charge is 0.257 e. The predicted molar refractivity (Wildman–Crippen MR) is 59.4 cm³/mol. The van der Waals surface area contributed by atoms with Gasteiger partial charge in [-0.05, 0) is 6.42 Å². The molecule has 1 heterocycles. The summed E-state index contributed by atoms with van der Waals surface area (Å²) in [6.45, 7) is 4.67. The van der Waals surface area contributed by atoms with E-state index < -0.39 is 10.0 Å². The Morgan fingerprint density at radius 3 is 3.00 bits per heavy atom. The number of hydrogen-bond donors (Lipinski definition) is 2. The first kappa shape index (κ1) is 12.9. The Hall–Kier alpha value is -1.18. The van der Waals surface area contributed by atoms with Crippen LogP contribution in [0.3, 0.4) is 0 Å². The lowest BCUT2D eigenvalue weighted by molar-refractivity contribution is 0.144. The molecule has 0 aliphatic carbocycles. The third kappa shape index (κ3) is 4.13. The van der Waals surface area contributed by atoms with Crippen molar-refractivity contribution in [2.45, 2.75) is 11.4 Å². The standard InChI is InChI=1S/C9H15N3O3S/c1-2-3-5-15-6-4-12-16(13,14)9-7-10-8-11-9/h2,7-8,12H,1,3-6H2,(H,10,11). The summed E-state index contributed by atoms with van der Waals surface area (Å²) < 4.78 is 30.6. The molecule has 0 fully saturated rings. The van der Waals surface area contributed by atoms with Crippen LogP contribution in [0.2, 0.25) is 0 Å². The second-order valence-corrected chi connectivity index (χ2v) is 4.74. The highest BCUT2D eigenvalue weighted by molar-refractivity contribution is 7.89.